The van der Waals surface area contributed by atoms with Crippen LogP contribution >= 0.6 is 0 Å². The topological polar surface area (TPSA) is 40.2 Å². The van der Waals surface area contributed by atoms with Gasteiger partial charge in [0.2, 0.25) is 0 Å². The molecule has 2 rings (SSSR count). The molecule has 0 radical (unpaired) electrons. The monoisotopic (exact) mass is 246 g/mol. The molecule has 2 N–H and O–H groups in total. The second-order valence-corrected chi connectivity index (χ2v) is 5.58. The molecule has 0 aliphatic rings. The van der Waals surface area contributed by atoms with E-state index in [1.807, 2.05) is 13.8 Å². The number of hydrogen-bond donors (Lipinski definition) is 1. The molecule has 1 aromatic heterocycles. The average molecular weight is 246 g/mol. The number of hydrogen-bond acceptors (Lipinski definition) is 2. The zero-order valence-corrected chi connectivity index (χ0v) is 12.1. The van der Waals surface area contributed by atoms with Gasteiger partial charge in [-0.15, -0.1) is 0 Å². The molecule has 98 valence electrons. The van der Waals surface area contributed by atoms with Gasteiger partial charge in [-0.1, -0.05) is 0 Å². The molecule has 0 fully saturated rings. The van der Waals surface area contributed by atoms with Crippen molar-refractivity contribution in [2.75, 3.05) is 7.11 Å². The van der Waals surface area contributed by atoms with Crippen LogP contribution in [0.2, 0.25) is 0 Å². The normalized spacial score (nSPS) is 12.2. The molecule has 2 aromatic rings. The Morgan fingerprint density at radius 2 is 1.83 bits per heavy atom. The lowest BCUT2D eigenvalue weighted by Crippen LogP contribution is -2.29. The van der Waals surface area contributed by atoms with Crippen LogP contribution in [0.15, 0.2) is 12.1 Å². The van der Waals surface area contributed by atoms with E-state index in [9.17, 15) is 0 Å². The van der Waals surface area contributed by atoms with E-state index in [1.165, 1.54) is 27.7 Å². The molecular weight excluding hydrogens is 224 g/mol. The van der Waals surface area contributed by atoms with Crippen LogP contribution in [0.3, 0.4) is 0 Å². The van der Waals surface area contributed by atoms with Crippen LogP contribution in [0.4, 0.5) is 0 Å². The number of nitrogens with zero attached hydrogens (tertiary/aromatic N) is 1. The van der Waals surface area contributed by atoms with E-state index >= 15 is 0 Å². The van der Waals surface area contributed by atoms with Crippen molar-refractivity contribution in [2.45, 2.75) is 33.2 Å². The van der Waals surface area contributed by atoms with Gasteiger partial charge in [0.25, 0.3) is 0 Å². The number of methoxy groups -OCH3 is 1. The van der Waals surface area contributed by atoms with Crippen LogP contribution < -0.4 is 10.5 Å². The van der Waals surface area contributed by atoms with Crippen molar-refractivity contribution in [3.8, 4) is 5.75 Å². The Morgan fingerprint density at radius 3 is 2.33 bits per heavy atom. The Bertz CT molecular complexity index is 603. The molecule has 3 nitrogen and oxygen atoms in total. The van der Waals surface area contributed by atoms with E-state index in [0.29, 0.717) is 0 Å². The number of ether oxygens (including phenoxy) is 1. The Hall–Kier alpha value is -1.48. The quantitative estimate of drug-likeness (QED) is 0.885. The number of nitrogens with two attached hydrogens (primary N) is 1. The Kier molecular flexibility index (Phi) is 2.90. The third kappa shape index (κ3) is 1.79. The number of rotatable bonds is 2. The fraction of sp³-hybridized carbons (Fsp3) is 0.467. The molecule has 0 spiro atoms. The highest BCUT2D eigenvalue weighted by Crippen LogP contribution is 2.36. The van der Waals surface area contributed by atoms with Crippen LogP contribution in [0.25, 0.3) is 10.9 Å². The van der Waals surface area contributed by atoms with E-state index < -0.39 is 0 Å². The highest BCUT2D eigenvalue weighted by atomic mass is 16.5. The summed E-state index contributed by atoms with van der Waals surface area (Å²) in [6.07, 6.45) is 0. The van der Waals surface area contributed by atoms with Gasteiger partial charge < -0.3 is 15.0 Å². The number of aromatic nitrogens is 1. The molecule has 0 atom stereocenters. The van der Waals surface area contributed by atoms with Gasteiger partial charge in [-0.3, -0.25) is 0 Å². The van der Waals surface area contributed by atoms with Crippen molar-refractivity contribution in [2.24, 2.45) is 12.8 Å². The summed E-state index contributed by atoms with van der Waals surface area (Å²) in [5.41, 5.74) is 10.8. The first-order chi connectivity index (χ1) is 8.27. The van der Waals surface area contributed by atoms with Crippen LogP contribution in [0, 0.1) is 13.8 Å². The summed E-state index contributed by atoms with van der Waals surface area (Å²) < 4.78 is 7.59. The minimum absolute atomic E-state index is 0.359. The highest BCUT2D eigenvalue weighted by molar-refractivity contribution is 5.90. The summed E-state index contributed by atoms with van der Waals surface area (Å²) in [6.45, 7) is 8.32. The second-order valence-electron chi connectivity index (χ2n) is 5.58. The van der Waals surface area contributed by atoms with Crippen molar-refractivity contribution in [3.05, 3.63) is 29.0 Å². The van der Waals surface area contributed by atoms with E-state index in [0.717, 1.165) is 5.75 Å². The minimum Gasteiger partial charge on any atom is -0.497 e. The van der Waals surface area contributed by atoms with E-state index in [-0.39, 0.29) is 5.54 Å². The molecule has 0 aliphatic carbocycles. The van der Waals surface area contributed by atoms with Gasteiger partial charge in [0.05, 0.1) is 12.6 Å². The SMILES string of the molecule is COc1cc(C)c2c(c1)c(C(C)(C)N)c(C)n2C. The summed E-state index contributed by atoms with van der Waals surface area (Å²) in [5, 5.41) is 1.19. The third-order valence-corrected chi connectivity index (χ3v) is 3.62. The molecule has 0 amide bonds. The smallest absolute Gasteiger partial charge is 0.119 e. The van der Waals surface area contributed by atoms with Gasteiger partial charge in [-0.2, -0.15) is 0 Å². The molecule has 1 heterocycles. The lowest BCUT2D eigenvalue weighted by atomic mass is 9.92. The minimum atomic E-state index is -0.359. The van der Waals surface area contributed by atoms with Crippen molar-refractivity contribution < 1.29 is 4.74 Å². The first-order valence-corrected chi connectivity index (χ1v) is 6.20. The maximum atomic E-state index is 6.32. The zero-order chi connectivity index (χ0) is 13.7. The average Bonchev–Trinajstić information content (AvgIpc) is 2.50. The fourth-order valence-electron chi connectivity index (χ4n) is 2.84. The van der Waals surface area contributed by atoms with E-state index in [2.05, 4.69) is 37.6 Å². The molecule has 18 heavy (non-hydrogen) atoms. The fourth-order valence-corrected chi connectivity index (χ4v) is 2.84. The summed E-state index contributed by atoms with van der Waals surface area (Å²) in [6, 6.07) is 4.15. The lowest BCUT2D eigenvalue weighted by Gasteiger charge is -2.20. The number of benzene rings is 1. The first kappa shape index (κ1) is 13.0. The highest BCUT2D eigenvalue weighted by Gasteiger charge is 2.24. The standard InChI is InChI=1S/C15H22N2O/c1-9-7-11(18-6)8-12-13(15(3,4)16)10(2)17(5)14(9)12/h7-8H,16H2,1-6H3. The molecule has 0 saturated heterocycles. The summed E-state index contributed by atoms with van der Waals surface area (Å²) in [4.78, 5) is 0. The summed E-state index contributed by atoms with van der Waals surface area (Å²) >= 11 is 0. The zero-order valence-electron chi connectivity index (χ0n) is 12.1. The predicted molar refractivity (Wildman–Crippen MR) is 76.2 cm³/mol. The van der Waals surface area contributed by atoms with Crippen molar-refractivity contribution >= 4 is 10.9 Å². The van der Waals surface area contributed by atoms with Crippen molar-refractivity contribution in [3.63, 3.8) is 0 Å². The lowest BCUT2D eigenvalue weighted by molar-refractivity contribution is 0.415. The van der Waals surface area contributed by atoms with Gasteiger partial charge in [0.1, 0.15) is 5.75 Å². The van der Waals surface area contributed by atoms with Gasteiger partial charge in [0.15, 0.2) is 0 Å². The number of aryl methyl sites for hydroxylation is 2. The van der Waals surface area contributed by atoms with Crippen LogP contribution in [0.1, 0.15) is 30.7 Å². The Balaban J connectivity index is 2.94. The van der Waals surface area contributed by atoms with Gasteiger partial charge >= 0.3 is 0 Å². The van der Waals surface area contributed by atoms with E-state index in [4.69, 9.17) is 10.5 Å². The Labute approximate surface area is 109 Å². The molecule has 0 aliphatic heterocycles. The third-order valence-electron chi connectivity index (χ3n) is 3.62. The van der Waals surface area contributed by atoms with Gasteiger partial charge in [-0.05, 0) is 51.0 Å². The van der Waals surface area contributed by atoms with E-state index in [1.54, 1.807) is 7.11 Å². The predicted octanol–water partition coefficient (Wildman–Crippen LogP) is 3.00. The molecular formula is C15H22N2O. The summed E-state index contributed by atoms with van der Waals surface area (Å²) in [5.74, 6) is 0.885. The molecule has 1 aromatic carbocycles. The van der Waals surface area contributed by atoms with Crippen LogP contribution in [-0.4, -0.2) is 11.7 Å². The Morgan fingerprint density at radius 1 is 1.22 bits per heavy atom. The maximum absolute atomic E-state index is 6.32. The first-order valence-electron chi connectivity index (χ1n) is 6.20. The summed E-state index contributed by atoms with van der Waals surface area (Å²) in [7, 11) is 3.79. The van der Waals surface area contributed by atoms with Crippen LogP contribution in [0.5, 0.6) is 5.75 Å². The number of fused-ring (bicyclic) bond motifs is 1. The molecule has 0 bridgehead atoms. The van der Waals surface area contributed by atoms with Crippen molar-refractivity contribution in [1.29, 1.82) is 0 Å². The molecule has 0 unspecified atom stereocenters. The van der Waals surface area contributed by atoms with Crippen molar-refractivity contribution in [1.82, 2.24) is 4.57 Å². The molecule has 0 saturated carbocycles. The maximum Gasteiger partial charge on any atom is 0.119 e. The largest absolute Gasteiger partial charge is 0.497 e. The van der Waals surface area contributed by atoms with Gasteiger partial charge in [0, 0.05) is 23.7 Å². The van der Waals surface area contributed by atoms with Crippen LogP contribution in [-0.2, 0) is 12.6 Å². The second kappa shape index (κ2) is 4.02. The molecule has 3 heteroatoms. The van der Waals surface area contributed by atoms with Gasteiger partial charge in [-0.25, -0.2) is 0 Å².